The molecule has 3 rings (SSSR count). The summed E-state index contributed by atoms with van der Waals surface area (Å²) in [5, 5.41) is 0. The average Bonchev–Trinajstić information content (AvgIpc) is 3.16. The molecule has 0 atom stereocenters. The first-order valence-electron chi connectivity index (χ1n) is 7.69. The zero-order valence-electron chi connectivity index (χ0n) is 13.0. The van der Waals surface area contributed by atoms with Gasteiger partial charge in [0.2, 0.25) is 5.78 Å². The van der Waals surface area contributed by atoms with Gasteiger partial charge in [0, 0.05) is 6.20 Å². The summed E-state index contributed by atoms with van der Waals surface area (Å²) in [6.45, 7) is -0.282. The van der Waals surface area contributed by atoms with E-state index in [1.54, 1.807) is 18.3 Å². The topological polar surface area (TPSA) is 59.2 Å². The van der Waals surface area contributed by atoms with Crippen molar-refractivity contribution in [2.24, 2.45) is 0 Å². The van der Waals surface area contributed by atoms with E-state index >= 15 is 0 Å². The van der Waals surface area contributed by atoms with Crippen molar-refractivity contribution in [3.8, 4) is 0 Å². The van der Waals surface area contributed by atoms with Crippen LogP contribution in [0.2, 0.25) is 0 Å². The molecule has 1 N–H and O–H groups in total. The summed E-state index contributed by atoms with van der Waals surface area (Å²) in [6.07, 6.45) is 1.66. The van der Waals surface area contributed by atoms with Gasteiger partial charge < -0.3 is 9.72 Å². The van der Waals surface area contributed by atoms with Gasteiger partial charge in [0.1, 0.15) is 5.92 Å². The van der Waals surface area contributed by atoms with Crippen LogP contribution in [-0.2, 0) is 9.53 Å². The number of rotatable bonds is 6. The Balaban J connectivity index is 1.78. The number of benzene rings is 2. The van der Waals surface area contributed by atoms with Crippen molar-refractivity contribution in [2.45, 2.75) is 5.92 Å². The van der Waals surface area contributed by atoms with Gasteiger partial charge in [0.05, 0.1) is 5.69 Å². The molecule has 0 spiro atoms. The fourth-order valence-electron chi connectivity index (χ4n) is 2.56. The number of esters is 1. The summed E-state index contributed by atoms with van der Waals surface area (Å²) in [5.74, 6) is -1.25. The minimum Gasteiger partial charge on any atom is -0.457 e. The second-order valence-electron chi connectivity index (χ2n) is 5.37. The number of aromatic amines is 1. The van der Waals surface area contributed by atoms with E-state index in [1.165, 1.54) is 0 Å². The van der Waals surface area contributed by atoms with Crippen LogP contribution in [0.4, 0.5) is 0 Å². The van der Waals surface area contributed by atoms with Crippen molar-refractivity contribution in [3.63, 3.8) is 0 Å². The van der Waals surface area contributed by atoms with Crippen molar-refractivity contribution >= 4 is 11.8 Å². The first kappa shape index (κ1) is 15.7. The summed E-state index contributed by atoms with van der Waals surface area (Å²) in [5.41, 5.74) is 2.10. The monoisotopic (exact) mass is 319 g/mol. The van der Waals surface area contributed by atoms with Gasteiger partial charge in [0.25, 0.3) is 0 Å². The van der Waals surface area contributed by atoms with E-state index in [0.717, 1.165) is 11.1 Å². The lowest BCUT2D eigenvalue weighted by molar-refractivity contribution is -0.143. The largest absolute Gasteiger partial charge is 0.457 e. The zero-order chi connectivity index (χ0) is 16.8. The van der Waals surface area contributed by atoms with Gasteiger partial charge in [-0.2, -0.15) is 0 Å². The summed E-state index contributed by atoms with van der Waals surface area (Å²) in [4.78, 5) is 27.4. The van der Waals surface area contributed by atoms with E-state index in [1.807, 2.05) is 60.7 Å². The minimum absolute atomic E-state index is 0.256. The SMILES string of the molecule is O=C(COC(=O)C(c1ccccc1)c1ccccc1)c1ccc[nH]1. The van der Waals surface area contributed by atoms with Crippen LogP contribution in [0.5, 0.6) is 0 Å². The number of aromatic nitrogens is 1. The molecule has 24 heavy (non-hydrogen) atoms. The number of ether oxygens (including phenoxy) is 1. The molecule has 0 fully saturated rings. The average molecular weight is 319 g/mol. The second kappa shape index (κ2) is 7.42. The normalized spacial score (nSPS) is 10.5. The molecule has 3 aromatic rings. The van der Waals surface area contributed by atoms with Crippen LogP contribution in [0, 0.1) is 0 Å². The number of ketones is 1. The predicted molar refractivity (Wildman–Crippen MR) is 90.8 cm³/mol. The quantitative estimate of drug-likeness (QED) is 0.558. The van der Waals surface area contributed by atoms with Crippen molar-refractivity contribution in [2.75, 3.05) is 6.61 Å². The molecule has 0 bridgehead atoms. The molecule has 4 heteroatoms. The highest BCUT2D eigenvalue weighted by atomic mass is 16.5. The Morgan fingerprint density at radius 1 is 0.833 bits per heavy atom. The molecule has 1 heterocycles. The van der Waals surface area contributed by atoms with Gasteiger partial charge >= 0.3 is 5.97 Å². The molecule has 0 radical (unpaired) electrons. The van der Waals surface area contributed by atoms with Gasteiger partial charge in [0.15, 0.2) is 6.61 Å². The molecule has 0 unspecified atom stereocenters. The number of hydrogen-bond donors (Lipinski definition) is 1. The Morgan fingerprint density at radius 2 is 1.42 bits per heavy atom. The van der Waals surface area contributed by atoms with E-state index in [-0.39, 0.29) is 12.4 Å². The lowest BCUT2D eigenvalue weighted by Crippen LogP contribution is -2.21. The highest BCUT2D eigenvalue weighted by Crippen LogP contribution is 2.25. The molecule has 0 amide bonds. The molecular formula is C20H17NO3. The first-order valence-corrected chi connectivity index (χ1v) is 7.69. The Hall–Kier alpha value is -3.14. The molecule has 2 aromatic carbocycles. The molecule has 0 aliphatic heterocycles. The summed E-state index contributed by atoms with van der Waals surface area (Å²) in [6, 6.07) is 22.2. The molecular weight excluding hydrogens is 302 g/mol. The smallest absolute Gasteiger partial charge is 0.318 e. The lowest BCUT2D eigenvalue weighted by atomic mass is 9.91. The Labute approximate surface area is 140 Å². The standard InChI is InChI=1S/C20H17NO3/c22-18(17-12-7-13-21-17)14-24-20(23)19(15-8-3-1-4-9-15)16-10-5-2-6-11-16/h1-13,19,21H,14H2. The molecule has 0 saturated heterocycles. The molecule has 0 saturated carbocycles. The fraction of sp³-hybridized carbons (Fsp3) is 0.100. The van der Waals surface area contributed by atoms with E-state index in [0.29, 0.717) is 5.69 Å². The van der Waals surface area contributed by atoms with Crippen LogP contribution in [0.25, 0.3) is 0 Å². The molecule has 1 aromatic heterocycles. The Bertz CT molecular complexity index is 756. The maximum Gasteiger partial charge on any atom is 0.318 e. The number of hydrogen-bond acceptors (Lipinski definition) is 3. The lowest BCUT2D eigenvalue weighted by Gasteiger charge is -2.16. The van der Waals surface area contributed by atoms with Crippen LogP contribution in [0.1, 0.15) is 27.5 Å². The van der Waals surface area contributed by atoms with E-state index in [9.17, 15) is 9.59 Å². The van der Waals surface area contributed by atoms with E-state index < -0.39 is 11.9 Å². The number of Topliss-reactive ketones (excluding diaryl/α,β-unsaturated/α-hetero) is 1. The van der Waals surface area contributed by atoms with Crippen LogP contribution in [0.3, 0.4) is 0 Å². The number of carbonyl (C=O) groups is 2. The maximum absolute atomic E-state index is 12.6. The van der Waals surface area contributed by atoms with E-state index in [2.05, 4.69) is 4.98 Å². The van der Waals surface area contributed by atoms with Gasteiger partial charge in [-0.25, -0.2) is 0 Å². The number of nitrogens with one attached hydrogen (secondary N) is 1. The zero-order valence-corrected chi connectivity index (χ0v) is 13.0. The Morgan fingerprint density at radius 3 is 1.92 bits per heavy atom. The van der Waals surface area contributed by atoms with Crippen molar-refractivity contribution in [1.82, 2.24) is 4.98 Å². The second-order valence-corrected chi connectivity index (χ2v) is 5.37. The van der Waals surface area contributed by atoms with Gasteiger partial charge in [-0.15, -0.1) is 0 Å². The van der Waals surface area contributed by atoms with Crippen molar-refractivity contribution in [3.05, 3.63) is 95.8 Å². The van der Waals surface area contributed by atoms with Gasteiger partial charge in [-0.05, 0) is 23.3 Å². The number of H-pyrrole nitrogens is 1. The number of carbonyl (C=O) groups excluding carboxylic acids is 2. The van der Waals surface area contributed by atoms with Gasteiger partial charge in [-0.3, -0.25) is 9.59 Å². The highest BCUT2D eigenvalue weighted by Gasteiger charge is 2.25. The summed E-state index contributed by atoms with van der Waals surface area (Å²) in [7, 11) is 0. The van der Waals surface area contributed by atoms with E-state index in [4.69, 9.17) is 4.74 Å². The van der Waals surface area contributed by atoms with Crippen LogP contribution in [-0.4, -0.2) is 23.3 Å². The van der Waals surface area contributed by atoms with Gasteiger partial charge in [-0.1, -0.05) is 60.7 Å². The summed E-state index contributed by atoms with van der Waals surface area (Å²) >= 11 is 0. The maximum atomic E-state index is 12.6. The minimum atomic E-state index is -0.552. The Kier molecular flexibility index (Phi) is 4.87. The molecule has 4 nitrogen and oxygen atoms in total. The predicted octanol–water partition coefficient (Wildman–Crippen LogP) is 3.57. The van der Waals surface area contributed by atoms with Crippen LogP contribution < -0.4 is 0 Å². The van der Waals surface area contributed by atoms with Crippen molar-refractivity contribution < 1.29 is 14.3 Å². The van der Waals surface area contributed by atoms with Crippen LogP contribution in [0.15, 0.2) is 79.0 Å². The van der Waals surface area contributed by atoms with Crippen LogP contribution >= 0.6 is 0 Å². The first-order chi connectivity index (χ1) is 11.8. The molecule has 120 valence electrons. The van der Waals surface area contributed by atoms with Crippen molar-refractivity contribution in [1.29, 1.82) is 0 Å². The fourth-order valence-corrected chi connectivity index (χ4v) is 2.56. The molecule has 0 aliphatic rings. The highest BCUT2D eigenvalue weighted by molar-refractivity contribution is 5.96. The third kappa shape index (κ3) is 3.60. The third-order valence-corrected chi connectivity index (χ3v) is 3.75. The molecule has 0 aliphatic carbocycles. The third-order valence-electron chi connectivity index (χ3n) is 3.75. The summed E-state index contributed by atoms with van der Waals surface area (Å²) < 4.78 is 5.29.